The molecule has 0 spiro atoms. The minimum atomic E-state index is -0.204. The first-order chi connectivity index (χ1) is 7.85. The van der Waals surface area contributed by atoms with Crippen LogP contribution in [0.5, 0.6) is 0 Å². The largest absolute Gasteiger partial charge is 0.324 e. The topological polar surface area (TPSA) is 64.2 Å². The molecule has 0 unspecified atom stereocenters. The first-order valence-electron chi connectivity index (χ1n) is 5.92. The fourth-order valence-corrected chi connectivity index (χ4v) is 2.26. The summed E-state index contributed by atoms with van der Waals surface area (Å²) in [4.78, 5) is 13.8. The fourth-order valence-electron chi connectivity index (χ4n) is 2.26. The molecular weight excluding hydrogens is 252 g/mol. The Morgan fingerprint density at radius 2 is 2.17 bits per heavy atom. The molecule has 1 aliphatic heterocycles. The number of aromatic nitrogens is 2. The lowest BCUT2D eigenvalue weighted by Crippen LogP contribution is -2.47. The van der Waals surface area contributed by atoms with Crippen molar-refractivity contribution in [2.24, 2.45) is 12.8 Å². The van der Waals surface area contributed by atoms with Gasteiger partial charge in [-0.1, -0.05) is 0 Å². The molecule has 5 nitrogen and oxygen atoms in total. The fraction of sp³-hybridized carbons (Fsp3) is 0.667. The number of fused-ring (bicyclic) bond motifs is 1. The molecule has 0 aliphatic carbocycles. The molecule has 2 N–H and O–H groups in total. The molecule has 0 saturated carbocycles. The van der Waals surface area contributed by atoms with E-state index in [2.05, 4.69) is 10.00 Å². The van der Waals surface area contributed by atoms with E-state index in [9.17, 15) is 4.79 Å². The van der Waals surface area contributed by atoms with Crippen LogP contribution in [-0.2, 0) is 20.0 Å². The molecule has 0 saturated heterocycles. The summed E-state index contributed by atoms with van der Waals surface area (Å²) in [5, 5.41) is 4.29. The van der Waals surface area contributed by atoms with Crippen molar-refractivity contribution in [2.45, 2.75) is 32.4 Å². The van der Waals surface area contributed by atoms with Crippen LogP contribution in [0.3, 0.4) is 0 Å². The SMILES string of the molecule is Cl.Cn1nc2c(cc1=O)CN(CC(C)(C)N)CC2. The molecule has 1 aliphatic rings. The number of nitrogens with two attached hydrogens (primary N) is 1. The molecule has 0 amide bonds. The number of halogens is 1. The maximum atomic E-state index is 11.5. The predicted molar refractivity (Wildman–Crippen MR) is 74.0 cm³/mol. The summed E-state index contributed by atoms with van der Waals surface area (Å²) in [6, 6.07) is 1.69. The van der Waals surface area contributed by atoms with Gasteiger partial charge in [-0.3, -0.25) is 9.69 Å². The van der Waals surface area contributed by atoms with E-state index in [-0.39, 0.29) is 23.5 Å². The van der Waals surface area contributed by atoms with Gasteiger partial charge in [-0.2, -0.15) is 5.10 Å². The Balaban J connectivity index is 0.00000162. The van der Waals surface area contributed by atoms with E-state index >= 15 is 0 Å². The molecule has 2 rings (SSSR count). The van der Waals surface area contributed by atoms with Crippen LogP contribution in [0.15, 0.2) is 10.9 Å². The Labute approximate surface area is 113 Å². The Bertz CT molecular complexity index is 478. The molecule has 2 heterocycles. The molecule has 0 radical (unpaired) electrons. The van der Waals surface area contributed by atoms with E-state index in [0.717, 1.165) is 37.3 Å². The monoisotopic (exact) mass is 272 g/mol. The third kappa shape index (κ3) is 3.54. The second-order valence-corrected chi connectivity index (χ2v) is 5.53. The molecule has 6 heteroatoms. The molecule has 1 aromatic rings. The van der Waals surface area contributed by atoms with Gasteiger partial charge in [0.15, 0.2) is 0 Å². The van der Waals surface area contributed by atoms with Crippen molar-refractivity contribution in [3.05, 3.63) is 27.7 Å². The predicted octanol–water partition coefficient (Wildman–Crippen LogP) is 0.298. The van der Waals surface area contributed by atoms with Crippen LogP contribution in [0.2, 0.25) is 0 Å². The first-order valence-corrected chi connectivity index (χ1v) is 5.92. The second-order valence-electron chi connectivity index (χ2n) is 5.53. The molecule has 0 aromatic carbocycles. The van der Waals surface area contributed by atoms with E-state index in [1.165, 1.54) is 4.68 Å². The highest BCUT2D eigenvalue weighted by Gasteiger charge is 2.22. The Hall–Kier alpha value is -0.910. The first kappa shape index (κ1) is 15.1. The molecule has 18 heavy (non-hydrogen) atoms. The number of hydrogen-bond donors (Lipinski definition) is 1. The Morgan fingerprint density at radius 3 is 2.78 bits per heavy atom. The molecule has 0 fully saturated rings. The lowest BCUT2D eigenvalue weighted by atomic mass is 10.0. The van der Waals surface area contributed by atoms with Crippen LogP contribution in [-0.4, -0.2) is 33.3 Å². The van der Waals surface area contributed by atoms with Crippen molar-refractivity contribution in [3.63, 3.8) is 0 Å². The quantitative estimate of drug-likeness (QED) is 0.841. The van der Waals surface area contributed by atoms with Crippen molar-refractivity contribution in [3.8, 4) is 0 Å². The number of aryl methyl sites for hydroxylation is 1. The third-order valence-electron chi connectivity index (χ3n) is 2.95. The maximum absolute atomic E-state index is 11.5. The standard InChI is InChI=1S/C12H20N4O.ClH/c1-12(2,13)8-16-5-4-10-9(7-16)6-11(17)15(3)14-10;/h6H,4-5,7-8,13H2,1-3H3;1H. The third-order valence-corrected chi connectivity index (χ3v) is 2.95. The average Bonchev–Trinajstić information content (AvgIpc) is 2.18. The van der Waals surface area contributed by atoms with Crippen molar-refractivity contribution >= 4 is 12.4 Å². The van der Waals surface area contributed by atoms with Crippen LogP contribution in [0, 0.1) is 0 Å². The highest BCUT2D eigenvalue weighted by atomic mass is 35.5. The zero-order valence-corrected chi connectivity index (χ0v) is 12.0. The summed E-state index contributed by atoms with van der Waals surface area (Å²) in [6.07, 6.45) is 0.888. The van der Waals surface area contributed by atoms with E-state index in [0.29, 0.717) is 0 Å². The summed E-state index contributed by atoms with van der Waals surface area (Å²) >= 11 is 0. The number of nitrogens with zero attached hydrogens (tertiary/aromatic N) is 3. The summed E-state index contributed by atoms with van der Waals surface area (Å²) in [7, 11) is 1.69. The number of hydrogen-bond acceptors (Lipinski definition) is 4. The molecule has 0 atom stereocenters. The van der Waals surface area contributed by atoms with Gasteiger partial charge in [0.05, 0.1) is 5.69 Å². The van der Waals surface area contributed by atoms with Crippen molar-refractivity contribution < 1.29 is 0 Å². The minimum Gasteiger partial charge on any atom is -0.324 e. The lowest BCUT2D eigenvalue weighted by Gasteiger charge is -2.33. The number of rotatable bonds is 2. The average molecular weight is 273 g/mol. The van der Waals surface area contributed by atoms with Crippen LogP contribution in [0.25, 0.3) is 0 Å². The molecule has 1 aromatic heterocycles. The normalized spacial score (nSPS) is 16.0. The van der Waals surface area contributed by atoms with Crippen LogP contribution in [0.4, 0.5) is 0 Å². The highest BCUT2D eigenvalue weighted by molar-refractivity contribution is 5.85. The summed E-state index contributed by atoms with van der Waals surface area (Å²) in [6.45, 7) is 6.61. The Morgan fingerprint density at radius 1 is 1.50 bits per heavy atom. The van der Waals surface area contributed by atoms with Gasteiger partial charge in [0.2, 0.25) is 0 Å². The molecule has 102 valence electrons. The van der Waals surface area contributed by atoms with Crippen molar-refractivity contribution in [1.82, 2.24) is 14.7 Å². The van der Waals surface area contributed by atoms with Crippen molar-refractivity contribution in [2.75, 3.05) is 13.1 Å². The zero-order chi connectivity index (χ0) is 12.6. The van der Waals surface area contributed by atoms with Gasteiger partial charge >= 0.3 is 0 Å². The van der Waals surface area contributed by atoms with Gasteiger partial charge in [-0.25, -0.2) is 4.68 Å². The lowest BCUT2D eigenvalue weighted by molar-refractivity contribution is 0.206. The zero-order valence-electron chi connectivity index (χ0n) is 11.1. The van der Waals surface area contributed by atoms with E-state index in [1.807, 2.05) is 13.8 Å². The van der Waals surface area contributed by atoms with Crippen molar-refractivity contribution in [1.29, 1.82) is 0 Å². The van der Waals surface area contributed by atoms with Gasteiger partial charge in [0, 0.05) is 44.7 Å². The highest BCUT2D eigenvalue weighted by Crippen LogP contribution is 2.16. The van der Waals surface area contributed by atoms with Gasteiger partial charge in [0.25, 0.3) is 5.56 Å². The Kier molecular flexibility index (Phi) is 4.53. The maximum Gasteiger partial charge on any atom is 0.266 e. The molecular formula is C12H21ClN4O. The summed E-state index contributed by atoms with van der Waals surface area (Å²) in [5.41, 5.74) is 7.85. The van der Waals surface area contributed by atoms with Gasteiger partial charge in [-0.05, 0) is 19.4 Å². The van der Waals surface area contributed by atoms with E-state index < -0.39 is 0 Å². The van der Waals surface area contributed by atoms with Gasteiger partial charge in [0.1, 0.15) is 0 Å². The summed E-state index contributed by atoms with van der Waals surface area (Å²) < 4.78 is 1.40. The van der Waals surface area contributed by atoms with Gasteiger partial charge < -0.3 is 5.73 Å². The minimum absolute atomic E-state index is 0. The molecule has 0 bridgehead atoms. The van der Waals surface area contributed by atoms with Crippen LogP contribution in [0.1, 0.15) is 25.1 Å². The summed E-state index contributed by atoms with van der Waals surface area (Å²) in [5.74, 6) is 0. The van der Waals surface area contributed by atoms with Gasteiger partial charge in [-0.15, -0.1) is 12.4 Å². The smallest absolute Gasteiger partial charge is 0.266 e. The van der Waals surface area contributed by atoms with E-state index in [4.69, 9.17) is 5.73 Å². The van der Waals surface area contributed by atoms with Crippen LogP contribution < -0.4 is 11.3 Å². The van der Waals surface area contributed by atoms with Crippen LogP contribution >= 0.6 is 12.4 Å². The second kappa shape index (κ2) is 5.38. The van der Waals surface area contributed by atoms with E-state index in [1.54, 1.807) is 13.1 Å².